The monoisotopic (exact) mass is 314 g/mol. The van der Waals surface area contributed by atoms with Gasteiger partial charge in [-0.3, -0.25) is 14.6 Å². The first-order valence-electron chi connectivity index (χ1n) is 7.10. The van der Waals surface area contributed by atoms with Crippen molar-refractivity contribution in [1.29, 1.82) is 0 Å². The van der Waals surface area contributed by atoms with Crippen molar-refractivity contribution < 1.29 is 9.59 Å². The maximum absolute atomic E-state index is 12.0. The topological polar surface area (TPSA) is 109 Å². The van der Waals surface area contributed by atoms with Crippen LogP contribution >= 0.6 is 0 Å². The molecule has 0 aromatic carbocycles. The summed E-state index contributed by atoms with van der Waals surface area (Å²) >= 11 is 0. The molecule has 0 saturated heterocycles. The van der Waals surface area contributed by atoms with E-state index in [0.29, 0.717) is 17.3 Å². The minimum Gasteiger partial charge on any atom is -0.357 e. The summed E-state index contributed by atoms with van der Waals surface area (Å²) in [6, 6.07) is 4.98. The number of nitrogens with zero attached hydrogens (tertiary/aromatic N) is 3. The molecular weight excluding hydrogens is 296 g/mol. The van der Waals surface area contributed by atoms with E-state index in [1.54, 1.807) is 44.6 Å². The Morgan fingerprint density at radius 1 is 1.17 bits per heavy atom. The third-order valence-electron chi connectivity index (χ3n) is 2.91. The molecule has 23 heavy (non-hydrogen) atoms. The molecule has 2 aromatic rings. The standard InChI is InChI=1S/C15H18N6O2/c1-10-9-12(21-15(16-2)19-10)14(23)18-8-5-13(22)20-11-3-6-17-7-4-11/h3-4,6-7,9H,5,8H2,1-2H3,(H,18,23)(H,16,19,21)(H,17,20,22). The van der Waals surface area contributed by atoms with Gasteiger partial charge in [0, 0.05) is 43.8 Å². The van der Waals surface area contributed by atoms with E-state index in [1.807, 2.05) is 0 Å². The Morgan fingerprint density at radius 3 is 2.61 bits per heavy atom. The number of anilines is 2. The van der Waals surface area contributed by atoms with Gasteiger partial charge in [-0.2, -0.15) is 0 Å². The van der Waals surface area contributed by atoms with Crippen molar-refractivity contribution in [2.24, 2.45) is 0 Å². The zero-order chi connectivity index (χ0) is 16.7. The van der Waals surface area contributed by atoms with Crippen molar-refractivity contribution in [3.8, 4) is 0 Å². The van der Waals surface area contributed by atoms with Gasteiger partial charge in [0.2, 0.25) is 11.9 Å². The number of pyridine rings is 1. The fourth-order valence-corrected chi connectivity index (χ4v) is 1.84. The van der Waals surface area contributed by atoms with Crippen molar-refractivity contribution in [2.45, 2.75) is 13.3 Å². The number of hydrogen-bond acceptors (Lipinski definition) is 6. The number of carbonyl (C=O) groups excluding carboxylic acids is 2. The Kier molecular flexibility index (Phi) is 5.56. The highest BCUT2D eigenvalue weighted by atomic mass is 16.2. The van der Waals surface area contributed by atoms with Crippen LogP contribution < -0.4 is 16.0 Å². The van der Waals surface area contributed by atoms with Gasteiger partial charge in [0.1, 0.15) is 5.69 Å². The van der Waals surface area contributed by atoms with Crippen LogP contribution in [0.1, 0.15) is 22.6 Å². The molecule has 2 heterocycles. The quantitative estimate of drug-likeness (QED) is 0.733. The highest BCUT2D eigenvalue weighted by molar-refractivity contribution is 5.94. The number of rotatable bonds is 6. The van der Waals surface area contributed by atoms with E-state index < -0.39 is 0 Å². The number of amides is 2. The number of carbonyl (C=O) groups is 2. The predicted octanol–water partition coefficient (Wildman–Crippen LogP) is 0.980. The summed E-state index contributed by atoms with van der Waals surface area (Å²) in [7, 11) is 1.68. The van der Waals surface area contributed by atoms with Crippen molar-refractivity contribution in [3.05, 3.63) is 42.0 Å². The Hall–Kier alpha value is -3.03. The van der Waals surface area contributed by atoms with Gasteiger partial charge < -0.3 is 16.0 Å². The van der Waals surface area contributed by atoms with E-state index in [0.717, 1.165) is 0 Å². The Balaban J connectivity index is 1.83. The first-order chi connectivity index (χ1) is 11.1. The normalized spacial score (nSPS) is 10.0. The summed E-state index contributed by atoms with van der Waals surface area (Å²) in [5, 5.41) is 8.17. The third-order valence-corrected chi connectivity index (χ3v) is 2.91. The summed E-state index contributed by atoms with van der Waals surface area (Å²) in [4.78, 5) is 35.9. The number of aryl methyl sites for hydroxylation is 1. The fraction of sp³-hybridized carbons (Fsp3) is 0.267. The van der Waals surface area contributed by atoms with Crippen LogP contribution in [-0.2, 0) is 4.79 Å². The molecule has 0 bridgehead atoms. The molecule has 0 aliphatic carbocycles. The molecule has 0 radical (unpaired) electrons. The first-order valence-corrected chi connectivity index (χ1v) is 7.10. The number of nitrogens with one attached hydrogen (secondary N) is 3. The van der Waals surface area contributed by atoms with Crippen LogP contribution in [0.25, 0.3) is 0 Å². The molecule has 3 N–H and O–H groups in total. The smallest absolute Gasteiger partial charge is 0.270 e. The zero-order valence-electron chi connectivity index (χ0n) is 13.0. The second kappa shape index (κ2) is 7.83. The molecule has 0 saturated carbocycles. The molecule has 2 rings (SSSR count). The maximum Gasteiger partial charge on any atom is 0.270 e. The first kappa shape index (κ1) is 16.3. The van der Waals surface area contributed by atoms with Gasteiger partial charge in [0.25, 0.3) is 5.91 Å². The Labute approximate surface area is 133 Å². The van der Waals surface area contributed by atoms with Crippen LogP contribution in [0.5, 0.6) is 0 Å². The van der Waals surface area contributed by atoms with E-state index in [1.165, 1.54) is 0 Å². The molecule has 120 valence electrons. The van der Waals surface area contributed by atoms with E-state index in [-0.39, 0.29) is 30.5 Å². The molecule has 2 aromatic heterocycles. The van der Waals surface area contributed by atoms with Crippen LogP contribution in [0.4, 0.5) is 11.6 Å². The summed E-state index contributed by atoms with van der Waals surface area (Å²) in [6.45, 7) is 2.00. The summed E-state index contributed by atoms with van der Waals surface area (Å²) in [6.07, 6.45) is 3.35. The van der Waals surface area contributed by atoms with Crippen LogP contribution in [0.2, 0.25) is 0 Å². The predicted molar refractivity (Wildman–Crippen MR) is 86.1 cm³/mol. The zero-order valence-corrected chi connectivity index (χ0v) is 13.0. The van der Waals surface area contributed by atoms with Crippen LogP contribution in [0.15, 0.2) is 30.6 Å². The lowest BCUT2D eigenvalue weighted by Crippen LogP contribution is -2.28. The molecule has 8 nitrogen and oxygen atoms in total. The molecule has 0 atom stereocenters. The van der Waals surface area contributed by atoms with Gasteiger partial charge in [-0.1, -0.05) is 0 Å². The van der Waals surface area contributed by atoms with Crippen molar-refractivity contribution >= 4 is 23.5 Å². The molecule has 0 aliphatic heterocycles. The molecule has 0 unspecified atom stereocenters. The van der Waals surface area contributed by atoms with Gasteiger partial charge in [-0.25, -0.2) is 9.97 Å². The van der Waals surface area contributed by atoms with Gasteiger partial charge in [-0.05, 0) is 25.1 Å². The largest absolute Gasteiger partial charge is 0.357 e. The number of hydrogen-bond donors (Lipinski definition) is 3. The van der Waals surface area contributed by atoms with Gasteiger partial charge in [0.05, 0.1) is 0 Å². The average molecular weight is 314 g/mol. The lowest BCUT2D eigenvalue weighted by Gasteiger charge is -2.07. The van der Waals surface area contributed by atoms with Crippen molar-refractivity contribution in [3.63, 3.8) is 0 Å². The molecule has 2 amide bonds. The average Bonchev–Trinajstić information content (AvgIpc) is 2.55. The van der Waals surface area contributed by atoms with Crippen molar-refractivity contribution in [2.75, 3.05) is 24.2 Å². The summed E-state index contributed by atoms with van der Waals surface area (Å²) < 4.78 is 0. The van der Waals surface area contributed by atoms with Gasteiger partial charge >= 0.3 is 0 Å². The third kappa shape index (κ3) is 5.03. The summed E-state index contributed by atoms with van der Waals surface area (Å²) in [5.74, 6) is -0.152. The van der Waals surface area contributed by atoms with E-state index in [2.05, 4.69) is 30.9 Å². The molecular formula is C15H18N6O2. The van der Waals surface area contributed by atoms with Crippen molar-refractivity contribution in [1.82, 2.24) is 20.3 Å². The second-order valence-electron chi connectivity index (χ2n) is 4.76. The Morgan fingerprint density at radius 2 is 1.91 bits per heavy atom. The molecule has 0 aliphatic rings. The maximum atomic E-state index is 12.0. The van der Waals surface area contributed by atoms with E-state index >= 15 is 0 Å². The molecule has 0 fully saturated rings. The lowest BCUT2D eigenvalue weighted by molar-refractivity contribution is -0.116. The summed E-state index contributed by atoms with van der Waals surface area (Å²) in [5.41, 5.74) is 1.61. The number of aromatic nitrogens is 3. The van der Waals surface area contributed by atoms with Gasteiger partial charge in [0.15, 0.2) is 0 Å². The SMILES string of the molecule is CNc1nc(C)cc(C(=O)NCCC(=O)Nc2ccncc2)n1. The van der Waals surface area contributed by atoms with Crippen LogP contribution in [0, 0.1) is 6.92 Å². The minimum atomic E-state index is -0.344. The molecule has 0 spiro atoms. The highest BCUT2D eigenvalue weighted by Gasteiger charge is 2.10. The fourth-order valence-electron chi connectivity index (χ4n) is 1.84. The Bertz CT molecular complexity index is 690. The van der Waals surface area contributed by atoms with Crippen LogP contribution in [-0.4, -0.2) is 40.4 Å². The lowest BCUT2D eigenvalue weighted by atomic mass is 10.3. The minimum absolute atomic E-state index is 0.164. The van der Waals surface area contributed by atoms with E-state index in [4.69, 9.17) is 0 Å². The van der Waals surface area contributed by atoms with Gasteiger partial charge in [-0.15, -0.1) is 0 Å². The second-order valence-corrected chi connectivity index (χ2v) is 4.76. The highest BCUT2D eigenvalue weighted by Crippen LogP contribution is 2.05. The van der Waals surface area contributed by atoms with Crippen LogP contribution in [0.3, 0.4) is 0 Å². The molecule has 8 heteroatoms. The van der Waals surface area contributed by atoms with E-state index in [9.17, 15) is 9.59 Å².